The fourth-order valence-corrected chi connectivity index (χ4v) is 3.03. The van der Waals surface area contributed by atoms with Crippen LogP contribution in [0, 0.1) is 25.5 Å². The van der Waals surface area contributed by atoms with Crippen LogP contribution >= 0.6 is 0 Å². The Bertz CT molecular complexity index is 769. The van der Waals surface area contributed by atoms with E-state index >= 15 is 0 Å². The third-order valence-electron chi connectivity index (χ3n) is 2.93. The zero-order valence-corrected chi connectivity index (χ0v) is 11.7. The summed E-state index contributed by atoms with van der Waals surface area (Å²) in [5, 5.41) is 9.14. The van der Waals surface area contributed by atoms with Gasteiger partial charge in [-0.05, 0) is 19.9 Å². The molecule has 0 aliphatic rings. The highest BCUT2D eigenvalue weighted by Gasteiger charge is 2.21. The molecule has 0 radical (unpaired) electrons. The first-order valence-electron chi connectivity index (χ1n) is 5.71. The van der Waals surface area contributed by atoms with E-state index in [1.165, 1.54) is 24.6 Å². The molecule has 8 heteroatoms. The molecule has 20 heavy (non-hydrogen) atoms. The molecular formula is C12H13F2N3O2S. The maximum absolute atomic E-state index is 13.6. The van der Waals surface area contributed by atoms with Gasteiger partial charge in [-0.15, -0.1) is 0 Å². The van der Waals surface area contributed by atoms with Crippen LogP contribution in [0.1, 0.15) is 17.0 Å². The molecule has 2 N–H and O–H groups in total. The average molecular weight is 301 g/mol. The van der Waals surface area contributed by atoms with Gasteiger partial charge >= 0.3 is 0 Å². The third-order valence-corrected chi connectivity index (χ3v) is 4.09. The number of rotatable bonds is 3. The van der Waals surface area contributed by atoms with Crippen LogP contribution in [-0.2, 0) is 16.6 Å². The fourth-order valence-electron chi connectivity index (χ4n) is 2.06. The van der Waals surface area contributed by atoms with Gasteiger partial charge in [0.15, 0.2) is 0 Å². The van der Waals surface area contributed by atoms with E-state index in [1.54, 1.807) is 0 Å². The molecule has 0 aliphatic heterocycles. The van der Waals surface area contributed by atoms with E-state index < -0.39 is 21.7 Å². The highest BCUT2D eigenvalue weighted by Crippen LogP contribution is 2.19. The second kappa shape index (κ2) is 4.95. The Morgan fingerprint density at radius 2 is 1.95 bits per heavy atom. The lowest BCUT2D eigenvalue weighted by Crippen LogP contribution is -2.14. The number of hydrogen-bond donors (Lipinski definition) is 1. The Kier molecular flexibility index (Phi) is 3.61. The monoisotopic (exact) mass is 301 g/mol. The largest absolute Gasteiger partial charge is 0.264 e. The van der Waals surface area contributed by atoms with E-state index in [0.29, 0.717) is 5.69 Å². The van der Waals surface area contributed by atoms with Crippen molar-refractivity contribution in [2.45, 2.75) is 25.3 Å². The molecule has 0 amide bonds. The molecule has 1 aromatic heterocycles. The Morgan fingerprint density at radius 1 is 1.30 bits per heavy atom. The number of aromatic nitrogens is 2. The van der Waals surface area contributed by atoms with Gasteiger partial charge in [-0.3, -0.25) is 4.68 Å². The van der Waals surface area contributed by atoms with Gasteiger partial charge in [0.2, 0.25) is 10.0 Å². The first-order chi connectivity index (χ1) is 9.20. The zero-order valence-electron chi connectivity index (χ0n) is 10.9. The summed E-state index contributed by atoms with van der Waals surface area (Å²) in [4.78, 5) is -0.0694. The second-order valence-electron chi connectivity index (χ2n) is 4.44. The number of primary sulfonamides is 1. The van der Waals surface area contributed by atoms with Crippen molar-refractivity contribution in [1.29, 1.82) is 0 Å². The van der Waals surface area contributed by atoms with Gasteiger partial charge in [-0.1, -0.05) is 6.07 Å². The topological polar surface area (TPSA) is 78.0 Å². The van der Waals surface area contributed by atoms with Crippen molar-refractivity contribution in [2.24, 2.45) is 5.14 Å². The first kappa shape index (κ1) is 14.6. The number of hydrogen-bond acceptors (Lipinski definition) is 3. The minimum Gasteiger partial charge on any atom is -0.264 e. The van der Waals surface area contributed by atoms with Crippen LogP contribution in [0.2, 0.25) is 0 Å². The smallest absolute Gasteiger partial charge is 0.241 e. The number of nitrogens with zero attached hydrogens (tertiary/aromatic N) is 2. The summed E-state index contributed by atoms with van der Waals surface area (Å²) in [5.74, 6) is -1.39. The Labute approximate surface area is 115 Å². The van der Waals surface area contributed by atoms with Crippen LogP contribution < -0.4 is 5.14 Å². The molecular weight excluding hydrogens is 288 g/mol. The number of nitrogens with two attached hydrogens (primary N) is 1. The average Bonchev–Trinajstić information content (AvgIpc) is 2.57. The van der Waals surface area contributed by atoms with Gasteiger partial charge in [-0.25, -0.2) is 22.3 Å². The van der Waals surface area contributed by atoms with Gasteiger partial charge in [0.05, 0.1) is 17.9 Å². The Balaban J connectivity index is 2.46. The van der Waals surface area contributed by atoms with Gasteiger partial charge in [0.25, 0.3) is 0 Å². The molecule has 1 aromatic carbocycles. The zero-order chi connectivity index (χ0) is 15.1. The second-order valence-corrected chi connectivity index (χ2v) is 5.94. The lowest BCUT2D eigenvalue weighted by atomic mass is 10.2. The third kappa shape index (κ3) is 2.70. The number of halogens is 2. The highest BCUT2D eigenvalue weighted by molar-refractivity contribution is 7.89. The molecule has 0 unspecified atom stereocenters. The summed E-state index contributed by atoms with van der Waals surface area (Å²) in [6, 6.07) is 3.18. The maximum atomic E-state index is 13.6. The fraction of sp³-hybridized carbons (Fsp3) is 0.250. The summed E-state index contributed by atoms with van der Waals surface area (Å²) in [5.41, 5.74) is 0.763. The van der Waals surface area contributed by atoms with Gasteiger partial charge in [0.1, 0.15) is 16.5 Å². The molecule has 2 rings (SSSR count). The molecule has 0 saturated heterocycles. The standard InChI is InChI=1S/C12H13F2N3O2S/c1-7-12(20(15,18)19)8(2)17(16-7)6-9-3-4-10(13)5-11(9)14/h3-5H,6H2,1-2H3,(H2,15,18,19). The van der Waals surface area contributed by atoms with E-state index in [1.807, 2.05) is 0 Å². The highest BCUT2D eigenvalue weighted by atomic mass is 32.2. The van der Waals surface area contributed by atoms with Gasteiger partial charge in [0, 0.05) is 11.6 Å². The summed E-state index contributed by atoms with van der Waals surface area (Å²) >= 11 is 0. The van der Waals surface area contributed by atoms with E-state index in [-0.39, 0.29) is 22.7 Å². The Hall–Kier alpha value is -1.80. The van der Waals surface area contributed by atoms with Crippen molar-refractivity contribution in [3.63, 3.8) is 0 Å². The summed E-state index contributed by atoms with van der Waals surface area (Å²) in [7, 11) is -3.89. The summed E-state index contributed by atoms with van der Waals surface area (Å²) in [6.45, 7) is 3.03. The molecule has 2 aromatic rings. The predicted molar refractivity (Wildman–Crippen MR) is 68.5 cm³/mol. The van der Waals surface area contributed by atoms with Crippen LogP contribution in [-0.4, -0.2) is 18.2 Å². The molecule has 0 aliphatic carbocycles. The van der Waals surface area contributed by atoms with E-state index in [9.17, 15) is 17.2 Å². The van der Waals surface area contributed by atoms with Crippen LogP contribution in [0.3, 0.4) is 0 Å². The first-order valence-corrected chi connectivity index (χ1v) is 7.25. The van der Waals surface area contributed by atoms with Crippen LogP contribution in [0.5, 0.6) is 0 Å². The number of benzene rings is 1. The quantitative estimate of drug-likeness (QED) is 0.932. The normalized spacial score (nSPS) is 11.8. The van der Waals surface area contributed by atoms with Crippen LogP contribution in [0.15, 0.2) is 23.1 Å². The molecule has 0 fully saturated rings. The lowest BCUT2D eigenvalue weighted by Gasteiger charge is -2.06. The molecule has 1 heterocycles. The van der Waals surface area contributed by atoms with Gasteiger partial charge in [-0.2, -0.15) is 5.10 Å². The number of aryl methyl sites for hydroxylation is 1. The summed E-state index contributed by atoms with van der Waals surface area (Å²) < 4.78 is 50.6. The van der Waals surface area contributed by atoms with Crippen LogP contribution in [0.4, 0.5) is 8.78 Å². The van der Waals surface area contributed by atoms with E-state index in [4.69, 9.17) is 5.14 Å². The number of sulfonamides is 1. The Morgan fingerprint density at radius 3 is 2.45 bits per heavy atom. The minimum absolute atomic E-state index is 0.00565. The van der Waals surface area contributed by atoms with Crippen molar-refractivity contribution in [3.8, 4) is 0 Å². The maximum Gasteiger partial charge on any atom is 0.241 e. The SMILES string of the molecule is Cc1nn(Cc2ccc(F)cc2F)c(C)c1S(N)(=O)=O. The van der Waals surface area contributed by atoms with Crippen LogP contribution in [0.25, 0.3) is 0 Å². The van der Waals surface area contributed by atoms with Crippen molar-refractivity contribution < 1.29 is 17.2 Å². The molecule has 0 bridgehead atoms. The predicted octanol–water partition coefficient (Wildman–Crippen LogP) is 1.47. The van der Waals surface area contributed by atoms with E-state index in [0.717, 1.165) is 12.1 Å². The van der Waals surface area contributed by atoms with Crippen molar-refractivity contribution in [1.82, 2.24) is 9.78 Å². The van der Waals surface area contributed by atoms with Crippen molar-refractivity contribution in [3.05, 3.63) is 46.8 Å². The lowest BCUT2D eigenvalue weighted by molar-refractivity contribution is 0.554. The molecule has 5 nitrogen and oxygen atoms in total. The molecule has 0 spiro atoms. The summed E-state index contributed by atoms with van der Waals surface area (Å²) in [6.07, 6.45) is 0. The van der Waals surface area contributed by atoms with Crippen molar-refractivity contribution >= 4 is 10.0 Å². The van der Waals surface area contributed by atoms with E-state index in [2.05, 4.69) is 5.10 Å². The molecule has 0 saturated carbocycles. The van der Waals surface area contributed by atoms with Gasteiger partial charge < -0.3 is 0 Å². The van der Waals surface area contributed by atoms with Crippen molar-refractivity contribution in [2.75, 3.05) is 0 Å². The minimum atomic E-state index is -3.89. The molecule has 108 valence electrons. The molecule has 0 atom stereocenters.